The van der Waals surface area contributed by atoms with Crippen molar-refractivity contribution in [2.24, 2.45) is 17.1 Å². The molecule has 4 nitrogen and oxygen atoms in total. The van der Waals surface area contributed by atoms with Gasteiger partial charge in [0.1, 0.15) is 0 Å². The van der Waals surface area contributed by atoms with Crippen LogP contribution in [-0.2, 0) is 16.1 Å². The summed E-state index contributed by atoms with van der Waals surface area (Å²) in [6.07, 6.45) is 2.58. The molecule has 0 radical (unpaired) electrons. The first-order valence-corrected chi connectivity index (χ1v) is 7.59. The number of hydrogen-bond donors (Lipinski definition) is 2. The summed E-state index contributed by atoms with van der Waals surface area (Å²) in [5.41, 5.74) is 7.55. The zero-order valence-electron chi connectivity index (χ0n) is 13.2. The number of ether oxygens (including phenoxy) is 1. The van der Waals surface area contributed by atoms with E-state index in [1.165, 1.54) is 12.8 Å². The highest BCUT2D eigenvalue weighted by Crippen LogP contribution is 2.29. The third-order valence-corrected chi connectivity index (χ3v) is 3.73. The number of benzene rings is 1. The second-order valence-corrected chi connectivity index (χ2v) is 6.99. The lowest BCUT2D eigenvalue weighted by molar-refractivity contribution is -0.119. The molecule has 2 rings (SSSR count). The Bertz CT molecular complexity index is 490. The number of carbonyl (C=O) groups excluding carboxylic acids is 1. The molecule has 4 heteroatoms. The Balaban J connectivity index is 1.88. The lowest BCUT2D eigenvalue weighted by atomic mass is 9.87. The van der Waals surface area contributed by atoms with Gasteiger partial charge in [-0.15, -0.1) is 0 Å². The van der Waals surface area contributed by atoms with Crippen LogP contribution < -0.4 is 11.1 Å². The Hall–Kier alpha value is -1.39. The normalized spacial score (nSPS) is 16.6. The molecule has 1 aromatic rings. The molecule has 1 aromatic carbocycles. The molecular formula is C17H26N2O2. The molecule has 0 saturated heterocycles. The Kier molecular flexibility index (Phi) is 5.01. The van der Waals surface area contributed by atoms with Gasteiger partial charge in [-0.3, -0.25) is 4.79 Å². The molecule has 1 aliphatic rings. The minimum Gasteiger partial charge on any atom is -0.376 e. The molecule has 0 bridgehead atoms. The van der Waals surface area contributed by atoms with E-state index in [2.05, 4.69) is 5.32 Å². The highest BCUT2D eigenvalue weighted by Gasteiger charge is 2.27. The van der Waals surface area contributed by atoms with E-state index in [0.29, 0.717) is 6.61 Å². The maximum absolute atomic E-state index is 12.1. The molecule has 0 unspecified atom stereocenters. The molecule has 1 fully saturated rings. The van der Waals surface area contributed by atoms with Gasteiger partial charge in [0.2, 0.25) is 5.91 Å². The highest BCUT2D eigenvalue weighted by atomic mass is 16.5. The summed E-state index contributed by atoms with van der Waals surface area (Å²) in [6, 6.07) is 7.21. The van der Waals surface area contributed by atoms with Gasteiger partial charge < -0.3 is 15.8 Å². The molecule has 1 saturated carbocycles. The lowest BCUT2D eigenvalue weighted by Gasteiger charge is -2.25. The van der Waals surface area contributed by atoms with Gasteiger partial charge in [-0.1, -0.05) is 32.9 Å². The van der Waals surface area contributed by atoms with Gasteiger partial charge in [-0.2, -0.15) is 0 Å². The van der Waals surface area contributed by atoms with E-state index < -0.39 is 6.04 Å². The minimum absolute atomic E-state index is 0.154. The molecule has 1 amide bonds. The van der Waals surface area contributed by atoms with Gasteiger partial charge >= 0.3 is 0 Å². The van der Waals surface area contributed by atoms with Crippen molar-refractivity contribution in [2.75, 3.05) is 11.9 Å². The summed E-state index contributed by atoms with van der Waals surface area (Å²) in [5.74, 6) is 0.608. The number of carbonyl (C=O) groups is 1. The summed E-state index contributed by atoms with van der Waals surface area (Å²) >= 11 is 0. The standard InChI is InChI=1S/C17H26N2O2/c1-17(2,3)15(18)16(20)19-14-6-4-5-13(9-14)11-21-10-12-7-8-12/h4-6,9,12,15H,7-8,10-11,18H2,1-3H3,(H,19,20)/t15-/m1/s1. The molecule has 0 aliphatic heterocycles. The second kappa shape index (κ2) is 6.58. The van der Waals surface area contributed by atoms with Crippen molar-refractivity contribution >= 4 is 11.6 Å². The number of hydrogen-bond acceptors (Lipinski definition) is 3. The average Bonchev–Trinajstić information content (AvgIpc) is 3.21. The molecule has 0 heterocycles. The first-order chi connectivity index (χ1) is 9.86. The van der Waals surface area contributed by atoms with E-state index in [1.807, 2.05) is 45.0 Å². The molecule has 0 aromatic heterocycles. The van der Waals surface area contributed by atoms with Gasteiger partial charge in [0.05, 0.1) is 12.6 Å². The maximum Gasteiger partial charge on any atom is 0.241 e. The fourth-order valence-corrected chi connectivity index (χ4v) is 1.98. The van der Waals surface area contributed by atoms with Crippen molar-refractivity contribution in [3.05, 3.63) is 29.8 Å². The van der Waals surface area contributed by atoms with Gasteiger partial charge in [0.25, 0.3) is 0 Å². The zero-order chi connectivity index (χ0) is 15.5. The van der Waals surface area contributed by atoms with E-state index >= 15 is 0 Å². The van der Waals surface area contributed by atoms with Crippen LogP contribution in [0.25, 0.3) is 0 Å². The number of nitrogens with two attached hydrogens (primary N) is 1. The van der Waals surface area contributed by atoms with Crippen LogP contribution in [0.4, 0.5) is 5.69 Å². The summed E-state index contributed by atoms with van der Waals surface area (Å²) in [4.78, 5) is 12.1. The smallest absolute Gasteiger partial charge is 0.241 e. The first kappa shape index (κ1) is 16.0. The van der Waals surface area contributed by atoms with E-state index in [4.69, 9.17) is 10.5 Å². The summed E-state index contributed by atoms with van der Waals surface area (Å²) in [7, 11) is 0. The van der Waals surface area contributed by atoms with Crippen molar-refractivity contribution in [3.8, 4) is 0 Å². The van der Waals surface area contributed by atoms with Crippen molar-refractivity contribution in [2.45, 2.75) is 46.3 Å². The largest absolute Gasteiger partial charge is 0.376 e. The molecule has 0 spiro atoms. The number of amides is 1. The summed E-state index contributed by atoms with van der Waals surface area (Å²) < 4.78 is 5.67. The van der Waals surface area contributed by atoms with Crippen LogP contribution >= 0.6 is 0 Å². The number of rotatable bonds is 6. The summed E-state index contributed by atoms with van der Waals surface area (Å²) in [6.45, 7) is 7.30. The third-order valence-electron chi connectivity index (χ3n) is 3.73. The Morgan fingerprint density at radius 1 is 1.43 bits per heavy atom. The Labute approximate surface area is 127 Å². The predicted octanol–water partition coefficient (Wildman–Crippen LogP) is 2.93. The average molecular weight is 290 g/mol. The zero-order valence-corrected chi connectivity index (χ0v) is 13.2. The highest BCUT2D eigenvalue weighted by molar-refractivity contribution is 5.95. The fraction of sp³-hybridized carbons (Fsp3) is 0.588. The van der Waals surface area contributed by atoms with E-state index in [1.54, 1.807) is 0 Å². The fourth-order valence-electron chi connectivity index (χ4n) is 1.98. The van der Waals surface area contributed by atoms with Gasteiger partial charge in [-0.05, 0) is 41.9 Å². The van der Waals surface area contributed by atoms with E-state index in [0.717, 1.165) is 23.8 Å². The minimum atomic E-state index is -0.535. The number of anilines is 1. The van der Waals surface area contributed by atoms with Crippen LogP contribution in [0.15, 0.2) is 24.3 Å². The van der Waals surface area contributed by atoms with Crippen LogP contribution in [0.1, 0.15) is 39.2 Å². The summed E-state index contributed by atoms with van der Waals surface area (Å²) in [5, 5.41) is 2.88. The molecule has 3 N–H and O–H groups in total. The number of nitrogens with one attached hydrogen (secondary N) is 1. The van der Waals surface area contributed by atoms with E-state index in [9.17, 15) is 4.79 Å². The van der Waals surface area contributed by atoms with Crippen LogP contribution in [0, 0.1) is 11.3 Å². The lowest BCUT2D eigenvalue weighted by Crippen LogP contribution is -2.45. The first-order valence-electron chi connectivity index (χ1n) is 7.59. The molecule has 116 valence electrons. The van der Waals surface area contributed by atoms with Crippen molar-refractivity contribution < 1.29 is 9.53 Å². The second-order valence-electron chi connectivity index (χ2n) is 6.99. The van der Waals surface area contributed by atoms with Crippen molar-refractivity contribution in [1.29, 1.82) is 0 Å². The van der Waals surface area contributed by atoms with Gasteiger partial charge in [0.15, 0.2) is 0 Å². The van der Waals surface area contributed by atoms with Crippen LogP contribution in [0.2, 0.25) is 0 Å². The molecule has 1 atom stereocenters. The maximum atomic E-state index is 12.1. The predicted molar refractivity (Wildman–Crippen MR) is 84.9 cm³/mol. The van der Waals surface area contributed by atoms with Crippen molar-refractivity contribution in [3.63, 3.8) is 0 Å². The monoisotopic (exact) mass is 290 g/mol. The molecule has 1 aliphatic carbocycles. The van der Waals surface area contributed by atoms with Gasteiger partial charge in [0, 0.05) is 12.3 Å². The topological polar surface area (TPSA) is 64.4 Å². The Morgan fingerprint density at radius 3 is 2.76 bits per heavy atom. The third kappa shape index (κ3) is 5.14. The van der Waals surface area contributed by atoms with Crippen LogP contribution in [0.3, 0.4) is 0 Å². The van der Waals surface area contributed by atoms with Gasteiger partial charge in [-0.25, -0.2) is 0 Å². The quantitative estimate of drug-likeness (QED) is 0.846. The van der Waals surface area contributed by atoms with Crippen LogP contribution in [0.5, 0.6) is 0 Å². The van der Waals surface area contributed by atoms with Crippen molar-refractivity contribution in [1.82, 2.24) is 0 Å². The van der Waals surface area contributed by atoms with E-state index in [-0.39, 0.29) is 11.3 Å². The molecular weight excluding hydrogens is 264 g/mol. The Morgan fingerprint density at radius 2 is 2.14 bits per heavy atom. The molecule has 21 heavy (non-hydrogen) atoms. The SMILES string of the molecule is CC(C)(C)[C@H](N)C(=O)Nc1cccc(COCC2CC2)c1. The van der Waals surface area contributed by atoms with Crippen LogP contribution in [-0.4, -0.2) is 18.6 Å².